The van der Waals surface area contributed by atoms with Crippen molar-refractivity contribution in [3.05, 3.63) is 76.0 Å². The molecular formula is C24H26FN3O3. The van der Waals surface area contributed by atoms with Gasteiger partial charge in [-0.05, 0) is 61.2 Å². The molecule has 1 aromatic heterocycles. The molecule has 7 heteroatoms. The number of aryl methyl sites for hydroxylation is 1. The number of carbonyl (C=O) groups is 1. The summed E-state index contributed by atoms with van der Waals surface area (Å²) in [5, 5.41) is 1.15. The van der Waals surface area contributed by atoms with E-state index >= 15 is 0 Å². The molecule has 31 heavy (non-hydrogen) atoms. The van der Waals surface area contributed by atoms with E-state index in [9.17, 15) is 14.0 Å². The number of hydrogen-bond donors (Lipinski definition) is 1. The number of H-pyrrole nitrogens is 1. The van der Waals surface area contributed by atoms with Gasteiger partial charge in [0.25, 0.3) is 5.56 Å². The Labute approximate surface area is 180 Å². The lowest BCUT2D eigenvalue weighted by Gasteiger charge is -2.36. The topological polar surface area (TPSA) is 65.6 Å². The second kappa shape index (κ2) is 9.31. The zero-order valence-corrected chi connectivity index (χ0v) is 17.6. The van der Waals surface area contributed by atoms with Gasteiger partial charge in [0.1, 0.15) is 5.82 Å². The monoisotopic (exact) mass is 423 g/mol. The molecule has 0 unspecified atom stereocenters. The number of halogens is 1. The van der Waals surface area contributed by atoms with Crippen molar-refractivity contribution in [3.63, 3.8) is 0 Å². The zero-order valence-electron chi connectivity index (χ0n) is 17.6. The first-order chi connectivity index (χ1) is 15.0. The Morgan fingerprint density at radius 3 is 2.68 bits per heavy atom. The van der Waals surface area contributed by atoms with Crippen molar-refractivity contribution >= 4 is 22.4 Å². The Morgan fingerprint density at radius 2 is 1.90 bits per heavy atom. The maximum Gasteiger partial charge on any atom is 0.337 e. The van der Waals surface area contributed by atoms with Crippen molar-refractivity contribution in [2.45, 2.75) is 12.8 Å². The van der Waals surface area contributed by atoms with Gasteiger partial charge >= 0.3 is 5.97 Å². The van der Waals surface area contributed by atoms with Gasteiger partial charge in [0.15, 0.2) is 0 Å². The van der Waals surface area contributed by atoms with Gasteiger partial charge in [-0.15, -0.1) is 0 Å². The summed E-state index contributed by atoms with van der Waals surface area (Å²) >= 11 is 0. The van der Waals surface area contributed by atoms with Gasteiger partial charge in [-0.3, -0.25) is 9.69 Å². The Bertz CT molecular complexity index is 1140. The second-order valence-electron chi connectivity index (χ2n) is 7.83. The quantitative estimate of drug-likeness (QED) is 0.617. The van der Waals surface area contributed by atoms with Gasteiger partial charge in [0, 0.05) is 42.9 Å². The highest BCUT2D eigenvalue weighted by Crippen LogP contribution is 2.19. The largest absolute Gasteiger partial charge is 0.465 e. The number of ether oxygens (including phenoxy) is 1. The highest BCUT2D eigenvalue weighted by atomic mass is 19.1. The van der Waals surface area contributed by atoms with Crippen molar-refractivity contribution in [2.24, 2.45) is 0 Å². The number of fused-ring (bicyclic) bond motifs is 1. The number of anilines is 1. The predicted octanol–water partition coefficient (Wildman–Crippen LogP) is 3.21. The molecule has 3 aromatic rings. The van der Waals surface area contributed by atoms with E-state index in [0.29, 0.717) is 10.9 Å². The number of benzene rings is 2. The molecule has 1 aliphatic heterocycles. The molecule has 0 bridgehead atoms. The number of nitrogens with one attached hydrogen (secondary N) is 1. The van der Waals surface area contributed by atoms with Crippen LogP contribution in [0.2, 0.25) is 0 Å². The third kappa shape index (κ3) is 4.94. The lowest BCUT2D eigenvalue weighted by molar-refractivity contribution is 0.0600. The lowest BCUT2D eigenvalue weighted by atomic mass is 10.1. The SMILES string of the molecule is COC(=O)c1cccc(N2CCN(CCCc3cc4ccc(F)cc4c(=O)[nH]3)CC2)c1. The van der Waals surface area contributed by atoms with E-state index in [1.165, 1.54) is 19.2 Å². The number of nitrogens with zero attached hydrogens (tertiary/aromatic N) is 2. The standard InChI is InChI=1S/C24H26FN3O3/c1-31-24(30)18-4-2-6-21(15-18)28-12-10-27(11-13-28)9-3-5-20-14-17-7-8-19(25)16-22(17)23(29)26-20/h2,4,6-8,14-16H,3,5,9-13H2,1H3,(H,26,29). The molecule has 0 spiro atoms. The van der Waals surface area contributed by atoms with Crippen molar-refractivity contribution in [3.8, 4) is 0 Å². The molecule has 4 rings (SSSR count). The first-order valence-corrected chi connectivity index (χ1v) is 10.5. The number of aromatic amines is 1. The molecule has 1 fully saturated rings. The smallest absolute Gasteiger partial charge is 0.337 e. The number of pyridine rings is 1. The van der Waals surface area contributed by atoms with E-state index in [1.807, 2.05) is 24.3 Å². The molecule has 0 radical (unpaired) electrons. The molecule has 6 nitrogen and oxygen atoms in total. The van der Waals surface area contributed by atoms with Crippen LogP contribution in [0.1, 0.15) is 22.5 Å². The van der Waals surface area contributed by atoms with E-state index in [0.717, 1.165) is 62.3 Å². The van der Waals surface area contributed by atoms with Gasteiger partial charge in [-0.2, -0.15) is 0 Å². The summed E-state index contributed by atoms with van der Waals surface area (Å²) < 4.78 is 18.2. The van der Waals surface area contributed by atoms with Gasteiger partial charge < -0.3 is 14.6 Å². The summed E-state index contributed by atoms with van der Waals surface area (Å²) in [6.45, 7) is 4.61. The van der Waals surface area contributed by atoms with Crippen LogP contribution in [0.5, 0.6) is 0 Å². The fourth-order valence-electron chi connectivity index (χ4n) is 4.09. The fourth-order valence-corrected chi connectivity index (χ4v) is 4.09. The Kier molecular flexibility index (Phi) is 6.32. The minimum Gasteiger partial charge on any atom is -0.465 e. The van der Waals surface area contributed by atoms with Gasteiger partial charge in [-0.25, -0.2) is 9.18 Å². The summed E-state index contributed by atoms with van der Waals surface area (Å²) in [6, 6.07) is 13.8. The Balaban J connectivity index is 1.29. The fraction of sp³-hybridized carbons (Fsp3) is 0.333. The first kappa shape index (κ1) is 21.1. The first-order valence-electron chi connectivity index (χ1n) is 10.5. The van der Waals surface area contributed by atoms with E-state index in [1.54, 1.807) is 12.1 Å². The van der Waals surface area contributed by atoms with E-state index in [4.69, 9.17) is 4.74 Å². The average molecular weight is 423 g/mol. The maximum absolute atomic E-state index is 13.4. The molecule has 1 saturated heterocycles. The van der Waals surface area contributed by atoms with Gasteiger partial charge in [-0.1, -0.05) is 12.1 Å². The number of carbonyl (C=O) groups excluding carboxylic acids is 1. The van der Waals surface area contributed by atoms with Crippen molar-refractivity contribution in [1.82, 2.24) is 9.88 Å². The second-order valence-corrected chi connectivity index (χ2v) is 7.83. The number of rotatable bonds is 6. The third-order valence-electron chi connectivity index (χ3n) is 5.79. The summed E-state index contributed by atoms with van der Waals surface area (Å²) in [5.41, 5.74) is 2.24. The summed E-state index contributed by atoms with van der Waals surface area (Å²) in [4.78, 5) is 31.5. The van der Waals surface area contributed by atoms with Crippen LogP contribution in [0.15, 0.2) is 53.3 Å². The summed E-state index contributed by atoms with van der Waals surface area (Å²) in [6.07, 6.45) is 1.70. The highest BCUT2D eigenvalue weighted by molar-refractivity contribution is 5.90. The Hall–Kier alpha value is -3.19. The number of methoxy groups -OCH3 is 1. The molecule has 0 saturated carbocycles. The molecule has 0 amide bonds. The molecule has 162 valence electrons. The number of aromatic nitrogens is 1. The third-order valence-corrected chi connectivity index (χ3v) is 5.79. The molecule has 0 aliphatic carbocycles. The maximum atomic E-state index is 13.4. The van der Waals surface area contributed by atoms with Crippen LogP contribution in [-0.4, -0.2) is 55.7 Å². The molecule has 2 aromatic carbocycles. The van der Waals surface area contributed by atoms with Crippen LogP contribution in [0.3, 0.4) is 0 Å². The van der Waals surface area contributed by atoms with Crippen LogP contribution < -0.4 is 10.5 Å². The molecular weight excluding hydrogens is 397 g/mol. The predicted molar refractivity (Wildman–Crippen MR) is 119 cm³/mol. The van der Waals surface area contributed by atoms with Crippen molar-refractivity contribution in [2.75, 3.05) is 44.7 Å². The number of hydrogen-bond acceptors (Lipinski definition) is 5. The average Bonchev–Trinajstić information content (AvgIpc) is 2.79. The molecule has 0 atom stereocenters. The summed E-state index contributed by atoms with van der Waals surface area (Å²) in [5.74, 6) is -0.723. The van der Waals surface area contributed by atoms with Crippen LogP contribution in [0, 0.1) is 5.82 Å². The molecule has 1 N–H and O–H groups in total. The number of esters is 1. The van der Waals surface area contributed by atoms with Crippen molar-refractivity contribution < 1.29 is 13.9 Å². The lowest BCUT2D eigenvalue weighted by Crippen LogP contribution is -2.46. The van der Waals surface area contributed by atoms with E-state index < -0.39 is 5.82 Å². The normalized spacial score (nSPS) is 14.7. The van der Waals surface area contributed by atoms with Crippen LogP contribution in [0.25, 0.3) is 10.8 Å². The summed E-state index contributed by atoms with van der Waals surface area (Å²) in [7, 11) is 1.39. The Morgan fingerprint density at radius 1 is 1.10 bits per heavy atom. The van der Waals surface area contributed by atoms with Crippen LogP contribution >= 0.6 is 0 Å². The van der Waals surface area contributed by atoms with Gasteiger partial charge in [0.2, 0.25) is 0 Å². The van der Waals surface area contributed by atoms with Gasteiger partial charge in [0.05, 0.1) is 12.7 Å². The van der Waals surface area contributed by atoms with Crippen LogP contribution in [-0.2, 0) is 11.2 Å². The zero-order chi connectivity index (χ0) is 21.8. The van der Waals surface area contributed by atoms with Crippen molar-refractivity contribution in [1.29, 1.82) is 0 Å². The van der Waals surface area contributed by atoms with Crippen LogP contribution in [0.4, 0.5) is 10.1 Å². The molecule has 2 heterocycles. The number of piperazine rings is 1. The van der Waals surface area contributed by atoms with E-state index in [-0.39, 0.29) is 11.5 Å². The van der Waals surface area contributed by atoms with E-state index in [2.05, 4.69) is 14.8 Å². The highest BCUT2D eigenvalue weighted by Gasteiger charge is 2.18. The minimum atomic E-state index is -0.401. The minimum absolute atomic E-state index is 0.241. The molecule has 1 aliphatic rings.